The van der Waals surface area contributed by atoms with Gasteiger partial charge in [-0.1, -0.05) is 5.21 Å². The zero-order valence-electron chi connectivity index (χ0n) is 9.43. The molecule has 2 N–H and O–H groups in total. The second kappa shape index (κ2) is 8.17. The zero-order valence-corrected chi connectivity index (χ0v) is 9.43. The van der Waals surface area contributed by atoms with E-state index in [1.54, 1.807) is 11.8 Å². The Labute approximate surface area is 94.3 Å². The highest BCUT2D eigenvalue weighted by Crippen LogP contribution is 1.94. The van der Waals surface area contributed by atoms with Crippen LogP contribution in [-0.2, 0) is 22.7 Å². The van der Waals surface area contributed by atoms with Gasteiger partial charge in [-0.3, -0.25) is 9.52 Å². The van der Waals surface area contributed by atoms with Gasteiger partial charge in [0.25, 0.3) is 0 Å². The molecule has 0 radical (unpaired) electrons. The molecule has 0 amide bonds. The molecule has 92 valence electrons. The molecule has 7 nitrogen and oxygen atoms in total. The van der Waals surface area contributed by atoms with E-state index in [0.717, 1.165) is 5.69 Å². The fraction of sp³-hybridized carbons (Fsp3) is 0.778. The van der Waals surface area contributed by atoms with E-state index in [0.29, 0.717) is 32.7 Å². The van der Waals surface area contributed by atoms with Crippen LogP contribution >= 0.6 is 0 Å². The van der Waals surface area contributed by atoms with E-state index in [9.17, 15) is 0 Å². The van der Waals surface area contributed by atoms with Crippen LogP contribution in [-0.4, -0.2) is 47.0 Å². The lowest BCUT2D eigenvalue weighted by Crippen LogP contribution is -2.17. The molecule has 1 aromatic rings. The number of hydrogen-bond acceptors (Lipinski definition) is 6. The van der Waals surface area contributed by atoms with Crippen molar-refractivity contribution in [2.24, 2.45) is 0 Å². The Bertz CT molecular complexity index is 279. The molecular weight excluding hydrogens is 212 g/mol. The second-order valence-corrected chi connectivity index (χ2v) is 3.21. The van der Waals surface area contributed by atoms with Crippen LogP contribution in [0.15, 0.2) is 6.20 Å². The number of nitrogens with zero attached hydrogens (tertiary/aromatic N) is 3. The van der Waals surface area contributed by atoms with E-state index in [-0.39, 0.29) is 6.61 Å². The highest BCUT2D eigenvalue weighted by atomic mass is 16.7. The quantitative estimate of drug-likeness (QED) is 0.432. The zero-order chi connectivity index (χ0) is 11.6. The standard InChI is InChI=1S/C9H18N4O3/c1-15-5-6-16-10-7-9-8-13(12-11-9)3-2-4-14/h8,10,14H,2-7H2,1H3. The first-order valence-corrected chi connectivity index (χ1v) is 5.20. The number of rotatable bonds is 9. The summed E-state index contributed by atoms with van der Waals surface area (Å²) in [6, 6.07) is 0. The molecule has 0 unspecified atom stereocenters. The van der Waals surface area contributed by atoms with Crippen molar-refractivity contribution in [2.75, 3.05) is 26.9 Å². The van der Waals surface area contributed by atoms with Crippen molar-refractivity contribution in [3.63, 3.8) is 0 Å². The number of aryl methyl sites for hydroxylation is 1. The van der Waals surface area contributed by atoms with Crippen LogP contribution in [0.3, 0.4) is 0 Å². The molecular formula is C9H18N4O3. The maximum absolute atomic E-state index is 8.65. The summed E-state index contributed by atoms with van der Waals surface area (Å²) in [7, 11) is 1.62. The molecule has 0 aliphatic heterocycles. The van der Waals surface area contributed by atoms with Crippen molar-refractivity contribution < 1.29 is 14.7 Å². The van der Waals surface area contributed by atoms with Crippen molar-refractivity contribution in [1.29, 1.82) is 0 Å². The smallest absolute Gasteiger partial charge is 0.0988 e. The first kappa shape index (κ1) is 13.0. The van der Waals surface area contributed by atoms with Gasteiger partial charge in [-0.25, -0.2) is 0 Å². The van der Waals surface area contributed by atoms with Crippen LogP contribution in [0, 0.1) is 0 Å². The third-order valence-corrected chi connectivity index (χ3v) is 1.88. The van der Waals surface area contributed by atoms with Gasteiger partial charge < -0.3 is 9.84 Å². The number of nitrogens with one attached hydrogen (secondary N) is 1. The van der Waals surface area contributed by atoms with Gasteiger partial charge in [0, 0.05) is 26.5 Å². The highest BCUT2D eigenvalue weighted by Gasteiger charge is 1.99. The van der Waals surface area contributed by atoms with Crippen LogP contribution in [0.2, 0.25) is 0 Å². The molecule has 1 aromatic heterocycles. The SMILES string of the molecule is COCCONCc1cn(CCCO)nn1. The van der Waals surface area contributed by atoms with Crippen molar-refractivity contribution >= 4 is 0 Å². The fourth-order valence-electron chi connectivity index (χ4n) is 1.08. The first-order chi connectivity index (χ1) is 7.86. The largest absolute Gasteiger partial charge is 0.396 e. The number of hydrogen-bond donors (Lipinski definition) is 2. The summed E-state index contributed by atoms with van der Waals surface area (Å²) in [5.74, 6) is 0. The van der Waals surface area contributed by atoms with E-state index in [2.05, 4.69) is 15.8 Å². The molecule has 0 saturated heterocycles. The molecule has 0 aliphatic carbocycles. The third-order valence-electron chi connectivity index (χ3n) is 1.88. The van der Waals surface area contributed by atoms with Crippen LogP contribution in [0.5, 0.6) is 0 Å². The number of aliphatic hydroxyl groups is 1. The Morgan fingerprint density at radius 3 is 3.12 bits per heavy atom. The normalized spacial score (nSPS) is 10.9. The minimum absolute atomic E-state index is 0.160. The lowest BCUT2D eigenvalue weighted by atomic mass is 10.4. The number of aliphatic hydroxyl groups excluding tert-OH is 1. The monoisotopic (exact) mass is 230 g/mol. The van der Waals surface area contributed by atoms with Gasteiger partial charge in [0.1, 0.15) is 0 Å². The average molecular weight is 230 g/mol. The molecule has 0 spiro atoms. The van der Waals surface area contributed by atoms with Crippen LogP contribution in [0.25, 0.3) is 0 Å². The van der Waals surface area contributed by atoms with E-state index < -0.39 is 0 Å². The molecule has 0 saturated carbocycles. The van der Waals surface area contributed by atoms with Crippen molar-refractivity contribution in [2.45, 2.75) is 19.5 Å². The van der Waals surface area contributed by atoms with E-state index in [4.69, 9.17) is 14.7 Å². The van der Waals surface area contributed by atoms with E-state index in [1.165, 1.54) is 0 Å². The van der Waals surface area contributed by atoms with Crippen molar-refractivity contribution in [3.8, 4) is 0 Å². The summed E-state index contributed by atoms with van der Waals surface area (Å²) >= 11 is 0. The Balaban J connectivity index is 2.14. The molecule has 0 aliphatic rings. The average Bonchev–Trinajstić information content (AvgIpc) is 2.74. The molecule has 1 heterocycles. The predicted octanol–water partition coefficient (Wildman–Crippen LogP) is -0.672. The van der Waals surface area contributed by atoms with Gasteiger partial charge in [0.2, 0.25) is 0 Å². The minimum Gasteiger partial charge on any atom is -0.396 e. The third kappa shape index (κ3) is 5.17. The molecule has 16 heavy (non-hydrogen) atoms. The highest BCUT2D eigenvalue weighted by molar-refractivity contribution is 4.90. The van der Waals surface area contributed by atoms with Crippen molar-refractivity contribution in [1.82, 2.24) is 20.5 Å². The van der Waals surface area contributed by atoms with Crippen LogP contribution in [0.4, 0.5) is 0 Å². The van der Waals surface area contributed by atoms with Gasteiger partial charge in [-0.15, -0.1) is 5.10 Å². The Morgan fingerprint density at radius 2 is 2.38 bits per heavy atom. The van der Waals surface area contributed by atoms with Crippen LogP contribution in [0.1, 0.15) is 12.1 Å². The maximum atomic E-state index is 8.65. The van der Waals surface area contributed by atoms with E-state index >= 15 is 0 Å². The van der Waals surface area contributed by atoms with Crippen LogP contribution < -0.4 is 5.48 Å². The molecule has 0 fully saturated rings. The Kier molecular flexibility index (Phi) is 6.66. The summed E-state index contributed by atoms with van der Waals surface area (Å²) in [6.07, 6.45) is 2.50. The summed E-state index contributed by atoms with van der Waals surface area (Å²) in [5, 5.41) is 16.5. The summed E-state index contributed by atoms with van der Waals surface area (Å²) in [4.78, 5) is 5.08. The number of methoxy groups -OCH3 is 1. The topological polar surface area (TPSA) is 81.4 Å². The summed E-state index contributed by atoms with van der Waals surface area (Å²) in [5.41, 5.74) is 3.56. The minimum atomic E-state index is 0.160. The van der Waals surface area contributed by atoms with E-state index in [1.807, 2.05) is 6.20 Å². The number of ether oxygens (including phenoxy) is 1. The van der Waals surface area contributed by atoms with Gasteiger partial charge in [0.15, 0.2) is 0 Å². The van der Waals surface area contributed by atoms with Crippen molar-refractivity contribution in [3.05, 3.63) is 11.9 Å². The molecule has 1 rings (SSSR count). The lowest BCUT2D eigenvalue weighted by Gasteiger charge is -2.02. The second-order valence-electron chi connectivity index (χ2n) is 3.21. The molecule has 7 heteroatoms. The Hall–Kier alpha value is -1.02. The lowest BCUT2D eigenvalue weighted by molar-refractivity contribution is 0.00297. The van der Waals surface area contributed by atoms with Gasteiger partial charge in [0.05, 0.1) is 25.5 Å². The first-order valence-electron chi connectivity index (χ1n) is 5.20. The number of hydroxylamine groups is 1. The molecule has 0 atom stereocenters. The van der Waals surface area contributed by atoms with Gasteiger partial charge in [-0.2, -0.15) is 5.48 Å². The molecule has 0 aromatic carbocycles. The van der Waals surface area contributed by atoms with Gasteiger partial charge in [-0.05, 0) is 6.42 Å². The fourth-order valence-corrected chi connectivity index (χ4v) is 1.08. The predicted molar refractivity (Wildman–Crippen MR) is 56.4 cm³/mol. The summed E-state index contributed by atoms with van der Waals surface area (Å²) in [6.45, 7) is 2.38. The Morgan fingerprint density at radius 1 is 1.50 bits per heavy atom. The summed E-state index contributed by atoms with van der Waals surface area (Å²) < 4.78 is 6.52. The maximum Gasteiger partial charge on any atom is 0.0988 e. The number of aromatic nitrogens is 3. The molecule has 0 bridgehead atoms. The van der Waals surface area contributed by atoms with Gasteiger partial charge >= 0.3 is 0 Å².